The molecule has 0 fully saturated rings. The second kappa shape index (κ2) is 3.19. The Balaban J connectivity index is 1.93. The van der Waals surface area contributed by atoms with Crippen molar-refractivity contribution in [2.24, 2.45) is 0 Å². The van der Waals surface area contributed by atoms with E-state index in [-0.39, 0.29) is 0 Å². The van der Waals surface area contributed by atoms with Gasteiger partial charge in [0, 0.05) is 24.7 Å². The molecular weight excluding hydrogens is 258 g/mol. The Morgan fingerprint density at radius 3 is 3.26 bits per heavy atom. The molecule has 5 heteroatoms. The molecule has 0 atom stereocenters. The van der Waals surface area contributed by atoms with E-state index >= 15 is 0 Å². The SMILES string of the molecule is c1cnc2c(c1)C[n+]1c-2sc2c3cnccc3oc21. The van der Waals surface area contributed by atoms with Crippen molar-refractivity contribution >= 4 is 32.7 Å². The van der Waals surface area contributed by atoms with Gasteiger partial charge in [0.05, 0.1) is 10.9 Å². The molecule has 19 heavy (non-hydrogen) atoms. The molecule has 0 saturated carbocycles. The Morgan fingerprint density at radius 1 is 1.26 bits per heavy atom. The van der Waals surface area contributed by atoms with E-state index < -0.39 is 0 Å². The summed E-state index contributed by atoms with van der Waals surface area (Å²) in [5.41, 5.74) is 4.17. The predicted octanol–water partition coefficient (Wildman–Crippen LogP) is 2.75. The smallest absolute Gasteiger partial charge is 0.393 e. The average Bonchev–Trinajstić information content (AvgIpc) is 3.07. The van der Waals surface area contributed by atoms with Crippen LogP contribution in [0.1, 0.15) is 5.56 Å². The number of hydrogen-bond acceptors (Lipinski definition) is 4. The monoisotopic (exact) mass is 266 g/mol. The Morgan fingerprint density at radius 2 is 2.26 bits per heavy atom. The third kappa shape index (κ3) is 1.11. The second-order valence-electron chi connectivity index (χ2n) is 4.61. The highest BCUT2D eigenvalue weighted by Gasteiger charge is 2.35. The van der Waals surface area contributed by atoms with E-state index in [1.54, 1.807) is 17.5 Å². The summed E-state index contributed by atoms with van der Waals surface area (Å²) < 4.78 is 9.34. The molecule has 0 bridgehead atoms. The highest BCUT2D eigenvalue weighted by molar-refractivity contribution is 7.22. The summed E-state index contributed by atoms with van der Waals surface area (Å²) >= 11 is 1.73. The summed E-state index contributed by atoms with van der Waals surface area (Å²) in [7, 11) is 0. The van der Waals surface area contributed by atoms with Gasteiger partial charge in [-0.3, -0.25) is 4.98 Å². The summed E-state index contributed by atoms with van der Waals surface area (Å²) in [4.78, 5) is 8.67. The highest BCUT2D eigenvalue weighted by atomic mass is 32.1. The molecule has 90 valence electrons. The minimum atomic E-state index is 0.839. The van der Waals surface area contributed by atoms with Crippen LogP contribution in [0.4, 0.5) is 0 Å². The number of thiazole rings is 1. The van der Waals surface area contributed by atoms with Crippen LogP contribution in [0.2, 0.25) is 0 Å². The van der Waals surface area contributed by atoms with Gasteiger partial charge < -0.3 is 4.42 Å². The lowest BCUT2D eigenvalue weighted by molar-refractivity contribution is -0.648. The fourth-order valence-corrected chi connectivity index (χ4v) is 3.91. The summed E-state index contributed by atoms with van der Waals surface area (Å²) in [6.45, 7) is 0.839. The van der Waals surface area contributed by atoms with Crippen molar-refractivity contribution in [1.82, 2.24) is 9.97 Å². The molecule has 0 saturated heterocycles. The average molecular weight is 266 g/mol. The molecule has 5 rings (SSSR count). The summed E-state index contributed by atoms with van der Waals surface area (Å²) in [5, 5.41) is 2.26. The van der Waals surface area contributed by atoms with Crippen molar-refractivity contribution in [2.45, 2.75) is 6.54 Å². The van der Waals surface area contributed by atoms with Crippen LogP contribution in [0.5, 0.6) is 0 Å². The molecule has 1 aliphatic heterocycles. The number of pyridine rings is 2. The third-order valence-corrected chi connectivity index (χ3v) is 4.74. The summed E-state index contributed by atoms with van der Waals surface area (Å²) in [5.74, 6) is 0. The topological polar surface area (TPSA) is 42.8 Å². The van der Waals surface area contributed by atoms with Crippen LogP contribution in [-0.4, -0.2) is 9.97 Å². The van der Waals surface area contributed by atoms with E-state index in [2.05, 4.69) is 20.6 Å². The molecule has 0 spiro atoms. The molecule has 0 unspecified atom stereocenters. The van der Waals surface area contributed by atoms with Crippen LogP contribution in [-0.2, 0) is 6.54 Å². The molecule has 0 radical (unpaired) electrons. The first-order valence-electron chi connectivity index (χ1n) is 6.05. The Bertz CT molecular complexity index is 954. The van der Waals surface area contributed by atoms with Crippen molar-refractivity contribution < 1.29 is 8.98 Å². The number of nitrogens with zero attached hydrogens (tertiary/aromatic N) is 3. The molecule has 5 heterocycles. The number of furan rings is 1. The van der Waals surface area contributed by atoms with Crippen molar-refractivity contribution in [3.8, 4) is 10.7 Å². The van der Waals surface area contributed by atoms with E-state index in [0.29, 0.717) is 0 Å². The third-order valence-electron chi connectivity index (χ3n) is 3.54. The number of rotatable bonds is 0. The second-order valence-corrected chi connectivity index (χ2v) is 5.61. The fourth-order valence-electron chi connectivity index (χ4n) is 2.68. The van der Waals surface area contributed by atoms with Crippen molar-refractivity contribution in [2.75, 3.05) is 0 Å². The minimum Gasteiger partial charge on any atom is -0.403 e. The van der Waals surface area contributed by atoms with E-state index in [4.69, 9.17) is 4.42 Å². The van der Waals surface area contributed by atoms with Gasteiger partial charge >= 0.3 is 5.71 Å². The number of aromatic nitrogens is 3. The quantitative estimate of drug-likeness (QED) is 0.405. The zero-order chi connectivity index (χ0) is 12.4. The van der Waals surface area contributed by atoms with Crippen LogP contribution in [0.25, 0.3) is 32.1 Å². The lowest BCUT2D eigenvalue weighted by Crippen LogP contribution is -2.29. The van der Waals surface area contributed by atoms with Crippen molar-refractivity contribution in [3.05, 3.63) is 42.4 Å². The maximum absolute atomic E-state index is 5.97. The first-order valence-corrected chi connectivity index (χ1v) is 6.86. The van der Waals surface area contributed by atoms with Crippen LogP contribution >= 0.6 is 11.3 Å². The fraction of sp³-hybridized carbons (Fsp3) is 0.0714. The summed E-state index contributed by atoms with van der Waals surface area (Å²) in [6, 6.07) is 6.02. The first kappa shape index (κ1) is 9.63. The minimum absolute atomic E-state index is 0.839. The molecule has 4 aromatic rings. The summed E-state index contributed by atoms with van der Waals surface area (Å²) in [6.07, 6.45) is 5.47. The van der Waals surface area contributed by atoms with Gasteiger partial charge in [-0.2, -0.15) is 0 Å². The van der Waals surface area contributed by atoms with E-state index in [1.807, 2.05) is 24.5 Å². The van der Waals surface area contributed by atoms with Gasteiger partial charge in [-0.25, -0.2) is 4.98 Å². The van der Waals surface area contributed by atoms with Crippen LogP contribution in [0.3, 0.4) is 0 Å². The van der Waals surface area contributed by atoms with Gasteiger partial charge in [0.1, 0.15) is 5.58 Å². The molecular formula is C14H8N3OS+. The standard InChI is InChI=1S/C14H8N3OS/c1-2-8-7-17-13-12(19-14(17)11(8)16-4-1)9-6-15-5-3-10(9)18-13/h1-6H,7H2/q+1. The van der Waals surface area contributed by atoms with Gasteiger partial charge in [0.15, 0.2) is 16.9 Å². The molecule has 0 aromatic carbocycles. The van der Waals surface area contributed by atoms with E-state index in [9.17, 15) is 0 Å². The number of hydrogen-bond donors (Lipinski definition) is 0. The van der Waals surface area contributed by atoms with Crippen LogP contribution < -0.4 is 4.57 Å². The molecule has 4 nitrogen and oxygen atoms in total. The van der Waals surface area contributed by atoms with Crippen LogP contribution in [0, 0.1) is 0 Å². The highest BCUT2D eigenvalue weighted by Crippen LogP contribution is 2.38. The zero-order valence-electron chi connectivity index (χ0n) is 9.83. The lowest BCUT2D eigenvalue weighted by atomic mass is 10.2. The maximum atomic E-state index is 5.97. The zero-order valence-corrected chi connectivity index (χ0v) is 10.6. The maximum Gasteiger partial charge on any atom is 0.393 e. The van der Waals surface area contributed by atoms with Crippen molar-refractivity contribution in [3.63, 3.8) is 0 Å². The van der Waals surface area contributed by atoms with Crippen LogP contribution in [0.15, 0.2) is 41.2 Å². The van der Waals surface area contributed by atoms with Crippen molar-refractivity contribution in [1.29, 1.82) is 0 Å². The Labute approximate surface area is 112 Å². The number of fused-ring (bicyclic) bond motifs is 7. The lowest BCUT2D eigenvalue weighted by Gasteiger charge is -1.88. The van der Waals surface area contributed by atoms with Gasteiger partial charge in [0.2, 0.25) is 0 Å². The molecule has 0 N–H and O–H groups in total. The van der Waals surface area contributed by atoms with E-state index in [0.717, 1.165) is 33.6 Å². The first-order chi connectivity index (χ1) is 9.42. The van der Waals surface area contributed by atoms with Gasteiger partial charge in [0.25, 0.3) is 5.01 Å². The van der Waals surface area contributed by atoms with Gasteiger partial charge in [-0.1, -0.05) is 11.3 Å². The Hall–Kier alpha value is -2.27. The van der Waals surface area contributed by atoms with E-state index in [1.165, 1.54) is 10.6 Å². The molecule has 1 aliphatic rings. The Kier molecular flexibility index (Phi) is 1.62. The van der Waals surface area contributed by atoms with Gasteiger partial charge in [-0.15, -0.1) is 4.57 Å². The predicted molar refractivity (Wildman–Crippen MR) is 71.9 cm³/mol. The molecule has 4 aromatic heterocycles. The largest absolute Gasteiger partial charge is 0.403 e. The normalized spacial score (nSPS) is 13.1. The molecule has 0 amide bonds. The van der Waals surface area contributed by atoms with Gasteiger partial charge in [-0.05, 0) is 12.1 Å². The molecule has 0 aliphatic carbocycles.